The molecule has 164 valence electrons. The minimum atomic E-state index is -0.835. The zero-order valence-corrected chi connectivity index (χ0v) is 17.9. The summed E-state index contributed by atoms with van der Waals surface area (Å²) in [5.41, 5.74) is 2.19. The lowest BCUT2D eigenvalue weighted by Gasteiger charge is -2.33. The molecule has 33 heavy (non-hydrogen) atoms. The molecule has 1 aliphatic heterocycles. The lowest BCUT2D eigenvalue weighted by molar-refractivity contribution is -0.127. The summed E-state index contributed by atoms with van der Waals surface area (Å²) >= 11 is 0. The Balaban J connectivity index is 1.59. The number of aromatic nitrogens is 3. The van der Waals surface area contributed by atoms with Crippen LogP contribution in [0.3, 0.4) is 0 Å². The summed E-state index contributed by atoms with van der Waals surface area (Å²) in [6.07, 6.45) is -0.835. The topological polar surface area (TPSA) is 89.4 Å². The summed E-state index contributed by atoms with van der Waals surface area (Å²) in [7, 11) is 1.54. The number of carbonyl (C=O) groups is 2. The van der Waals surface area contributed by atoms with Crippen molar-refractivity contribution in [3.8, 4) is 22.8 Å². The fourth-order valence-corrected chi connectivity index (χ4v) is 3.77. The Kier molecular flexibility index (Phi) is 5.32. The first-order valence-electron chi connectivity index (χ1n) is 10.5. The van der Waals surface area contributed by atoms with Gasteiger partial charge in [0.2, 0.25) is 5.82 Å². The van der Waals surface area contributed by atoms with Crippen molar-refractivity contribution in [2.75, 3.05) is 18.5 Å². The second kappa shape index (κ2) is 8.58. The Hall–Kier alpha value is -4.46. The highest BCUT2D eigenvalue weighted by Crippen LogP contribution is 2.34. The number of carbonyl (C=O) groups excluding carboxylic acids is 2. The Labute approximate surface area is 190 Å². The van der Waals surface area contributed by atoms with Crippen LogP contribution < -0.4 is 15.0 Å². The third-order valence-electron chi connectivity index (χ3n) is 5.39. The molecule has 1 atom stereocenters. The highest BCUT2D eigenvalue weighted by molar-refractivity contribution is 6.06. The molecule has 0 radical (unpaired) electrons. The van der Waals surface area contributed by atoms with Gasteiger partial charge in [0.1, 0.15) is 5.75 Å². The van der Waals surface area contributed by atoms with Crippen molar-refractivity contribution in [3.05, 3.63) is 90.8 Å². The molecule has 4 aromatic rings. The summed E-state index contributed by atoms with van der Waals surface area (Å²) in [4.78, 5) is 32.1. The third-order valence-corrected chi connectivity index (χ3v) is 5.39. The summed E-state index contributed by atoms with van der Waals surface area (Å²) in [6.45, 7) is 0.0517. The molecule has 0 saturated heterocycles. The van der Waals surface area contributed by atoms with E-state index in [0.29, 0.717) is 17.3 Å². The van der Waals surface area contributed by atoms with Crippen LogP contribution in [0.2, 0.25) is 0 Å². The molecular formula is C25H21N5O3. The largest absolute Gasteiger partial charge is 0.477 e. The number of rotatable bonds is 4. The zero-order chi connectivity index (χ0) is 22.8. The molecule has 0 saturated carbocycles. The maximum atomic E-state index is 13.6. The predicted molar refractivity (Wildman–Crippen MR) is 123 cm³/mol. The number of fused-ring (bicyclic) bond motifs is 1. The van der Waals surface area contributed by atoms with Gasteiger partial charge in [0.25, 0.3) is 11.8 Å². The summed E-state index contributed by atoms with van der Waals surface area (Å²) in [6, 6.07) is 26.2. The first kappa shape index (κ1) is 20.4. The lowest BCUT2D eigenvalue weighted by Crippen LogP contribution is -2.50. The van der Waals surface area contributed by atoms with Crippen LogP contribution in [-0.2, 0) is 4.79 Å². The van der Waals surface area contributed by atoms with E-state index < -0.39 is 12.0 Å². The zero-order valence-electron chi connectivity index (χ0n) is 17.9. The average molecular weight is 439 g/mol. The maximum absolute atomic E-state index is 13.6. The predicted octanol–water partition coefficient (Wildman–Crippen LogP) is 3.09. The average Bonchev–Trinajstić information content (AvgIpc) is 3.34. The van der Waals surface area contributed by atoms with Gasteiger partial charge in [-0.1, -0.05) is 60.7 Å². The molecule has 0 aliphatic carbocycles. The van der Waals surface area contributed by atoms with E-state index in [1.807, 2.05) is 66.7 Å². The Morgan fingerprint density at radius 1 is 0.939 bits per heavy atom. The van der Waals surface area contributed by atoms with Crippen molar-refractivity contribution in [1.82, 2.24) is 20.1 Å². The minimum absolute atomic E-state index is 0.0325. The van der Waals surface area contributed by atoms with Crippen molar-refractivity contribution in [2.24, 2.45) is 0 Å². The number of benzene rings is 3. The summed E-state index contributed by atoms with van der Waals surface area (Å²) < 4.78 is 7.47. The first-order valence-corrected chi connectivity index (χ1v) is 10.5. The van der Waals surface area contributed by atoms with E-state index in [4.69, 9.17) is 4.74 Å². The Morgan fingerprint density at radius 2 is 1.61 bits per heavy atom. The molecule has 0 bridgehead atoms. The molecular weight excluding hydrogens is 418 g/mol. The van der Waals surface area contributed by atoms with Gasteiger partial charge in [-0.05, 0) is 24.3 Å². The van der Waals surface area contributed by atoms with Crippen LogP contribution in [0.4, 0.5) is 5.69 Å². The van der Waals surface area contributed by atoms with Crippen LogP contribution in [-0.4, -0.2) is 46.3 Å². The van der Waals surface area contributed by atoms with E-state index in [1.165, 1.54) is 11.9 Å². The van der Waals surface area contributed by atoms with Gasteiger partial charge in [-0.2, -0.15) is 0 Å². The van der Waals surface area contributed by atoms with Crippen molar-refractivity contribution >= 4 is 17.5 Å². The van der Waals surface area contributed by atoms with Gasteiger partial charge in [0.05, 0.1) is 17.9 Å². The second-order valence-corrected chi connectivity index (χ2v) is 7.48. The Morgan fingerprint density at radius 3 is 2.33 bits per heavy atom. The van der Waals surface area contributed by atoms with Gasteiger partial charge in [0.15, 0.2) is 11.9 Å². The van der Waals surface area contributed by atoms with Gasteiger partial charge >= 0.3 is 0 Å². The van der Waals surface area contributed by atoms with Crippen LogP contribution in [0, 0.1) is 0 Å². The minimum Gasteiger partial charge on any atom is -0.477 e. The SMILES string of the molecule is CNC(=O)C1CN(C(=O)c2nc(-c3ccccc3)n(-c3ccccc3)n2)c2ccccc2O1. The van der Waals surface area contributed by atoms with Crippen molar-refractivity contribution < 1.29 is 14.3 Å². The highest BCUT2D eigenvalue weighted by atomic mass is 16.5. The number of nitrogens with zero attached hydrogens (tertiary/aromatic N) is 4. The van der Waals surface area contributed by atoms with E-state index in [-0.39, 0.29) is 18.3 Å². The number of anilines is 1. The van der Waals surface area contributed by atoms with Crippen molar-refractivity contribution in [2.45, 2.75) is 6.10 Å². The van der Waals surface area contributed by atoms with Gasteiger partial charge in [-0.25, -0.2) is 9.67 Å². The number of amides is 2. The van der Waals surface area contributed by atoms with Gasteiger partial charge in [-0.15, -0.1) is 5.10 Å². The second-order valence-electron chi connectivity index (χ2n) is 7.48. The van der Waals surface area contributed by atoms with E-state index in [0.717, 1.165) is 11.3 Å². The monoisotopic (exact) mass is 439 g/mol. The summed E-state index contributed by atoms with van der Waals surface area (Å²) in [5.74, 6) is 0.317. The van der Waals surface area contributed by atoms with E-state index >= 15 is 0 Å². The fourth-order valence-electron chi connectivity index (χ4n) is 3.77. The molecule has 3 aromatic carbocycles. The third kappa shape index (κ3) is 3.82. The lowest BCUT2D eigenvalue weighted by atomic mass is 10.1. The van der Waals surface area contributed by atoms with Gasteiger partial charge in [-0.3, -0.25) is 14.5 Å². The van der Waals surface area contributed by atoms with E-state index in [2.05, 4.69) is 15.4 Å². The molecule has 1 unspecified atom stereocenters. The van der Waals surface area contributed by atoms with E-state index in [9.17, 15) is 9.59 Å². The number of likely N-dealkylation sites (N-methyl/N-ethyl adjacent to an activating group) is 1. The molecule has 1 N–H and O–H groups in total. The van der Waals surface area contributed by atoms with Crippen molar-refractivity contribution in [1.29, 1.82) is 0 Å². The molecule has 8 nitrogen and oxygen atoms in total. The smallest absolute Gasteiger partial charge is 0.298 e. The number of para-hydroxylation sites is 3. The number of hydrogen-bond donors (Lipinski definition) is 1. The van der Waals surface area contributed by atoms with Crippen LogP contribution in [0.5, 0.6) is 5.75 Å². The first-order chi connectivity index (χ1) is 16.2. The molecule has 1 aliphatic rings. The standard InChI is InChI=1S/C25H21N5O3/c1-26-24(31)21-16-29(19-14-8-9-15-20(19)33-21)25(32)22-27-23(17-10-4-2-5-11-17)30(28-22)18-12-6-3-7-13-18/h2-15,21H,16H2,1H3,(H,26,31). The van der Waals surface area contributed by atoms with Crippen LogP contribution in [0.15, 0.2) is 84.9 Å². The Bertz CT molecular complexity index is 1250. The molecule has 0 fully saturated rings. The molecule has 8 heteroatoms. The van der Waals surface area contributed by atoms with Crippen LogP contribution in [0.25, 0.3) is 17.1 Å². The molecule has 0 spiro atoms. The van der Waals surface area contributed by atoms with Crippen LogP contribution >= 0.6 is 0 Å². The molecule has 2 heterocycles. The highest BCUT2D eigenvalue weighted by Gasteiger charge is 2.35. The molecule has 5 rings (SSSR count). The molecule has 2 amide bonds. The fraction of sp³-hybridized carbons (Fsp3) is 0.120. The van der Waals surface area contributed by atoms with E-state index in [1.54, 1.807) is 22.9 Å². The summed E-state index contributed by atoms with van der Waals surface area (Å²) in [5, 5.41) is 7.15. The van der Waals surface area contributed by atoms with Crippen molar-refractivity contribution in [3.63, 3.8) is 0 Å². The number of ether oxygens (including phenoxy) is 1. The number of hydrogen-bond acceptors (Lipinski definition) is 5. The quantitative estimate of drug-likeness (QED) is 0.528. The molecule has 1 aromatic heterocycles. The van der Waals surface area contributed by atoms with Gasteiger partial charge in [0, 0.05) is 12.6 Å². The number of nitrogens with one attached hydrogen (secondary N) is 1. The van der Waals surface area contributed by atoms with Crippen LogP contribution in [0.1, 0.15) is 10.6 Å². The maximum Gasteiger partial charge on any atom is 0.298 e. The normalized spacial score (nSPS) is 14.8. The van der Waals surface area contributed by atoms with Gasteiger partial charge < -0.3 is 10.1 Å².